The normalized spacial score (nSPS) is 26.4. The third-order valence-electron chi connectivity index (χ3n) is 8.56. The standard InChI is InChI=1S/C29H38FN3O7/c1-28(2,3)27(39)33(6)12-14-10-18(34)20-15(21(14)30)8-13-9-17-22(32(4)5)23(35)16(26(31)38)11-29(17,40-7)25(37)19(13)24(20)36/h10,13,17,22,34-36H,8-9,11-12H2,1-7H3,(H2,31,38)/t13-,17-,22-,29-/m0/s1. The number of fused-ring (bicyclic) bond motifs is 3. The summed E-state index contributed by atoms with van der Waals surface area (Å²) in [5.74, 6) is -4.88. The molecule has 0 unspecified atom stereocenters. The van der Waals surface area contributed by atoms with Gasteiger partial charge in [0.1, 0.15) is 28.7 Å². The number of phenolic OH excluding ortho intramolecular Hbond substituents is 1. The highest BCUT2D eigenvalue weighted by Crippen LogP contribution is 2.54. The molecule has 10 nitrogen and oxygen atoms in total. The van der Waals surface area contributed by atoms with E-state index in [1.165, 1.54) is 12.0 Å². The van der Waals surface area contributed by atoms with Crippen molar-refractivity contribution < 1.29 is 38.8 Å². The number of phenols is 1. The predicted octanol–water partition coefficient (Wildman–Crippen LogP) is 2.58. The van der Waals surface area contributed by atoms with E-state index in [0.717, 1.165) is 6.07 Å². The van der Waals surface area contributed by atoms with Crippen molar-refractivity contribution in [3.63, 3.8) is 0 Å². The Labute approximate surface area is 232 Å². The number of nitrogens with zero attached hydrogens (tertiary/aromatic N) is 2. The number of aliphatic hydroxyl groups excluding tert-OH is 2. The zero-order valence-electron chi connectivity index (χ0n) is 24.0. The second-order valence-electron chi connectivity index (χ2n) is 12.4. The van der Waals surface area contributed by atoms with E-state index in [-0.39, 0.29) is 65.3 Å². The van der Waals surface area contributed by atoms with Gasteiger partial charge in [-0.2, -0.15) is 0 Å². The molecule has 0 radical (unpaired) electrons. The van der Waals surface area contributed by atoms with Crippen molar-refractivity contribution in [3.05, 3.63) is 45.5 Å². The lowest BCUT2D eigenvalue weighted by Crippen LogP contribution is -2.63. The maximum Gasteiger partial charge on any atom is 0.248 e. The van der Waals surface area contributed by atoms with Gasteiger partial charge in [-0.25, -0.2) is 4.39 Å². The number of rotatable bonds is 5. The number of ketones is 1. The molecule has 5 N–H and O–H groups in total. The van der Waals surface area contributed by atoms with Crippen molar-refractivity contribution in [1.29, 1.82) is 0 Å². The number of halogens is 1. The second-order valence-corrected chi connectivity index (χ2v) is 12.4. The number of amides is 2. The summed E-state index contributed by atoms with van der Waals surface area (Å²) < 4.78 is 21.8. The van der Waals surface area contributed by atoms with Gasteiger partial charge in [0.2, 0.25) is 11.8 Å². The number of nitrogens with two attached hydrogens (primary N) is 1. The highest BCUT2D eigenvalue weighted by atomic mass is 19.1. The third kappa shape index (κ3) is 4.35. The Morgan fingerprint density at radius 1 is 1.20 bits per heavy atom. The fourth-order valence-corrected chi connectivity index (χ4v) is 6.74. The van der Waals surface area contributed by atoms with Gasteiger partial charge < -0.3 is 30.7 Å². The molecule has 0 aromatic heterocycles. The number of Topliss-reactive ketones (excluding diaryl/α,β-unsaturated/α-hetero) is 1. The molecule has 1 fully saturated rings. The molecule has 3 aliphatic rings. The first-order valence-electron chi connectivity index (χ1n) is 13.2. The van der Waals surface area contributed by atoms with Crippen molar-refractivity contribution >= 4 is 23.4 Å². The first kappa shape index (κ1) is 29.5. The molecule has 40 heavy (non-hydrogen) atoms. The van der Waals surface area contributed by atoms with Crippen LogP contribution in [0.5, 0.6) is 5.75 Å². The molecule has 0 spiro atoms. The van der Waals surface area contributed by atoms with E-state index in [2.05, 4.69) is 0 Å². The van der Waals surface area contributed by atoms with E-state index in [9.17, 15) is 29.7 Å². The average molecular weight is 560 g/mol. The monoisotopic (exact) mass is 559 g/mol. The number of carbonyl (C=O) groups excluding carboxylic acids is 3. The smallest absolute Gasteiger partial charge is 0.248 e. The number of hydrogen-bond donors (Lipinski definition) is 4. The van der Waals surface area contributed by atoms with Crippen LogP contribution in [0.3, 0.4) is 0 Å². The molecule has 218 valence electrons. The maximum absolute atomic E-state index is 16.0. The molecular weight excluding hydrogens is 521 g/mol. The zero-order valence-corrected chi connectivity index (χ0v) is 24.0. The van der Waals surface area contributed by atoms with Crippen LogP contribution in [-0.4, -0.2) is 82.6 Å². The lowest BCUT2D eigenvalue weighted by atomic mass is 9.57. The van der Waals surface area contributed by atoms with Crippen LogP contribution >= 0.6 is 0 Å². The van der Waals surface area contributed by atoms with Gasteiger partial charge in [0.15, 0.2) is 5.78 Å². The number of likely N-dealkylation sites (N-methyl/N-ethyl adjacent to an activating group) is 1. The maximum atomic E-state index is 16.0. The lowest BCUT2D eigenvalue weighted by Gasteiger charge is -2.53. The molecule has 0 aliphatic heterocycles. The first-order valence-corrected chi connectivity index (χ1v) is 13.2. The van der Waals surface area contributed by atoms with E-state index in [1.54, 1.807) is 46.8 Å². The van der Waals surface area contributed by atoms with Gasteiger partial charge in [-0.3, -0.25) is 19.3 Å². The number of primary amides is 1. The van der Waals surface area contributed by atoms with E-state index in [1.807, 2.05) is 0 Å². The van der Waals surface area contributed by atoms with Gasteiger partial charge in [0, 0.05) is 55.2 Å². The van der Waals surface area contributed by atoms with Crippen molar-refractivity contribution in [1.82, 2.24) is 9.80 Å². The minimum Gasteiger partial charge on any atom is -0.510 e. The summed E-state index contributed by atoms with van der Waals surface area (Å²) in [6.07, 6.45) is -0.0826. The molecule has 0 saturated heterocycles. The summed E-state index contributed by atoms with van der Waals surface area (Å²) in [6, 6.07) is 0.362. The Balaban J connectivity index is 1.84. The van der Waals surface area contributed by atoms with Crippen molar-refractivity contribution in [3.8, 4) is 5.75 Å². The van der Waals surface area contributed by atoms with Crippen LogP contribution in [0.1, 0.15) is 50.3 Å². The zero-order chi connectivity index (χ0) is 30.1. The van der Waals surface area contributed by atoms with E-state index >= 15 is 4.39 Å². The van der Waals surface area contributed by atoms with E-state index < -0.39 is 57.9 Å². The van der Waals surface area contributed by atoms with E-state index in [4.69, 9.17) is 10.5 Å². The van der Waals surface area contributed by atoms with Crippen LogP contribution in [0.2, 0.25) is 0 Å². The van der Waals surface area contributed by atoms with Crippen LogP contribution in [-0.2, 0) is 32.1 Å². The number of aliphatic hydroxyl groups is 2. The Bertz CT molecular complexity index is 1360. The summed E-state index contributed by atoms with van der Waals surface area (Å²) >= 11 is 0. The van der Waals surface area contributed by atoms with Gasteiger partial charge in [-0.15, -0.1) is 0 Å². The highest BCUT2D eigenvalue weighted by Gasteiger charge is 2.61. The van der Waals surface area contributed by atoms with Gasteiger partial charge in [0.05, 0.1) is 17.2 Å². The van der Waals surface area contributed by atoms with Gasteiger partial charge in [-0.1, -0.05) is 20.8 Å². The molecule has 4 atom stereocenters. The third-order valence-corrected chi connectivity index (χ3v) is 8.56. The SMILES string of the molecule is CO[C@@]12CC(C(N)=O)=C(O)[C@@H](N(C)C)[C@@H]1C[C@@H]1Cc3c(F)c(CN(C)C(=O)C(C)(C)C)cc(O)c3C(O)=C1C2=O. The molecule has 1 saturated carbocycles. The number of benzene rings is 1. The quantitative estimate of drug-likeness (QED) is 0.429. The highest BCUT2D eigenvalue weighted by molar-refractivity contribution is 6.10. The predicted molar refractivity (Wildman–Crippen MR) is 145 cm³/mol. The largest absolute Gasteiger partial charge is 0.510 e. The van der Waals surface area contributed by atoms with Crippen LogP contribution in [0.15, 0.2) is 23.0 Å². The van der Waals surface area contributed by atoms with Crippen LogP contribution < -0.4 is 5.73 Å². The molecule has 0 bridgehead atoms. The Morgan fingerprint density at radius 2 is 1.82 bits per heavy atom. The molecule has 1 aromatic rings. The Kier molecular flexibility index (Phi) is 7.30. The minimum atomic E-state index is -1.62. The molecule has 0 heterocycles. The Morgan fingerprint density at radius 3 is 2.35 bits per heavy atom. The molecule has 3 aliphatic carbocycles. The van der Waals surface area contributed by atoms with Crippen molar-refractivity contribution in [2.75, 3.05) is 28.3 Å². The minimum absolute atomic E-state index is 0.00573. The molecule has 11 heteroatoms. The van der Waals surface area contributed by atoms with Crippen LogP contribution in [0.25, 0.3) is 5.76 Å². The summed E-state index contributed by atoms with van der Waals surface area (Å²) in [6.45, 7) is 5.16. The number of ether oxygens (including phenoxy) is 1. The molecular formula is C29H38FN3O7. The number of hydrogen-bond acceptors (Lipinski definition) is 8. The van der Waals surface area contributed by atoms with E-state index in [0.29, 0.717) is 0 Å². The summed E-state index contributed by atoms with van der Waals surface area (Å²) in [7, 11) is 6.25. The van der Waals surface area contributed by atoms with Gasteiger partial charge in [0.25, 0.3) is 0 Å². The summed E-state index contributed by atoms with van der Waals surface area (Å²) in [5, 5.41) is 33.3. The lowest BCUT2D eigenvalue weighted by molar-refractivity contribution is -0.157. The van der Waals surface area contributed by atoms with Crippen molar-refractivity contribution in [2.24, 2.45) is 23.0 Å². The Hall–Kier alpha value is -3.44. The van der Waals surface area contributed by atoms with Gasteiger partial charge >= 0.3 is 0 Å². The average Bonchev–Trinajstić information content (AvgIpc) is 2.85. The van der Waals surface area contributed by atoms with Gasteiger partial charge in [-0.05, 0) is 38.9 Å². The fourth-order valence-electron chi connectivity index (χ4n) is 6.74. The topological polar surface area (TPSA) is 154 Å². The number of methoxy groups -OCH3 is 1. The molecule has 2 amide bonds. The number of aromatic hydroxyl groups is 1. The van der Waals surface area contributed by atoms with Crippen LogP contribution in [0, 0.1) is 23.1 Å². The van der Waals surface area contributed by atoms with Crippen molar-refractivity contribution in [2.45, 2.75) is 58.2 Å². The summed E-state index contributed by atoms with van der Waals surface area (Å²) in [5.41, 5.74) is 3.04. The molecule has 4 rings (SSSR count). The number of carbonyl (C=O) groups is 3. The van der Waals surface area contributed by atoms with Crippen LogP contribution in [0.4, 0.5) is 4.39 Å². The second kappa shape index (κ2) is 9.88. The summed E-state index contributed by atoms with van der Waals surface area (Å²) in [4.78, 5) is 42.1. The first-order chi connectivity index (χ1) is 18.5. The molecule has 1 aromatic carbocycles. The fraction of sp³-hybridized carbons (Fsp3) is 0.552.